The van der Waals surface area contributed by atoms with E-state index in [1.54, 1.807) is 12.1 Å². The molecule has 0 fully saturated rings. The SMILES string of the molecule is O=C(COc1ccc(I)cc1)Nc1ccc(Oc2ccccc2)cc1. The van der Waals surface area contributed by atoms with Gasteiger partial charge in [-0.3, -0.25) is 4.79 Å². The Morgan fingerprint density at radius 3 is 2.08 bits per heavy atom. The molecule has 3 aromatic rings. The third-order valence-electron chi connectivity index (χ3n) is 3.30. The molecule has 0 spiro atoms. The van der Waals surface area contributed by atoms with Gasteiger partial charge in [-0.25, -0.2) is 0 Å². The highest BCUT2D eigenvalue weighted by atomic mass is 127. The molecule has 0 unspecified atom stereocenters. The Kier molecular flexibility index (Phi) is 5.90. The molecule has 0 aliphatic carbocycles. The van der Waals surface area contributed by atoms with Crippen LogP contribution in [0.5, 0.6) is 17.2 Å². The van der Waals surface area contributed by atoms with Gasteiger partial charge in [0.05, 0.1) is 0 Å². The minimum absolute atomic E-state index is 0.0388. The molecular weight excluding hydrogens is 429 g/mol. The zero-order valence-electron chi connectivity index (χ0n) is 13.3. The number of hydrogen-bond acceptors (Lipinski definition) is 3. The summed E-state index contributed by atoms with van der Waals surface area (Å²) in [7, 11) is 0. The lowest BCUT2D eigenvalue weighted by Crippen LogP contribution is -2.20. The predicted molar refractivity (Wildman–Crippen MR) is 106 cm³/mol. The second kappa shape index (κ2) is 8.53. The lowest BCUT2D eigenvalue weighted by molar-refractivity contribution is -0.118. The van der Waals surface area contributed by atoms with E-state index in [0.29, 0.717) is 17.2 Å². The molecule has 0 aliphatic rings. The van der Waals surface area contributed by atoms with Crippen molar-refractivity contribution < 1.29 is 14.3 Å². The molecule has 1 amide bonds. The molecule has 25 heavy (non-hydrogen) atoms. The summed E-state index contributed by atoms with van der Waals surface area (Å²) >= 11 is 2.22. The van der Waals surface area contributed by atoms with Crippen molar-refractivity contribution in [2.45, 2.75) is 0 Å². The molecule has 0 radical (unpaired) electrons. The summed E-state index contributed by atoms with van der Waals surface area (Å²) in [6.45, 7) is -0.0388. The Morgan fingerprint density at radius 2 is 1.40 bits per heavy atom. The number of ether oxygens (including phenoxy) is 2. The third-order valence-corrected chi connectivity index (χ3v) is 4.02. The van der Waals surface area contributed by atoms with Gasteiger partial charge in [-0.1, -0.05) is 18.2 Å². The first kappa shape index (κ1) is 17.3. The van der Waals surface area contributed by atoms with Gasteiger partial charge in [-0.05, 0) is 83.3 Å². The van der Waals surface area contributed by atoms with Crippen molar-refractivity contribution in [1.82, 2.24) is 0 Å². The molecule has 5 heteroatoms. The Labute approximate surface area is 159 Å². The summed E-state index contributed by atoms with van der Waals surface area (Å²) in [5.74, 6) is 1.93. The Balaban J connectivity index is 1.50. The Morgan fingerprint density at radius 1 is 0.800 bits per heavy atom. The van der Waals surface area contributed by atoms with E-state index in [4.69, 9.17) is 9.47 Å². The van der Waals surface area contributed by atoms with Crippen LogP contribution in [0.25, 0.3) is 0 Å². The molecular formula is C20H16INO3. The molecule has 0 aromatic heterocycles. The summed E-state index contributed by atoms with van der Waals surface area (Å²) in [4.78, 5) is 12.0. The largest absolute Gasteiger partial charge is 0.484 e. The predicted octanol–water partition coefficient (Wildman–Crippen LogP) is 5.10. The maximum Gasteiger partial charge on any atom is 0.262 e. The summed E-state index contributed by atoms with van der Waals surface area (Å²) in [6, 6.07) is 24.3. The quantitative estimate of drug-likeness (QED) is 0.538. The van der Waals surface area contributed by atoms with Gasteiger partial charge < -0.3 is 14.8 Å². The van der Waals surface area contributed by atoms with Gasteiger partial charge in [0.1, 0.15) is 17.2 Å². The zero-order valence-corrected chi connectivity index (χ0v) is 15.5. The van der Waals surface area contributed by atoms with Crippen LogP contribution in [0.3, 0.4) is 0 Å². The van der Waals surface area contributed by atoms with Crippen LogP contribution in [-0.4, -0.2) is 12.5 Å². The van der Waals surface area contributed by atoms with Crippen LogP contribution in [0.1, 0.15) is 0 Å². The minimum Gasteiger partial charge on any atom is -0.484 e. The van der Waals surface area contributed by atoms with E-state index >= 15 is 0 Å². The molecule has 4 nitrogen and oxygen atoms in total. The van der Waals surface area contributed by atoms with E-state index < -0.39 is 0 Å². The van der Waals surface area contributed by atoms with E-state index in [1.165, 1.54) is 0 Å². The van der Waals surface area contributed by atoms with Crippen molar-refractivity contribution in [3.8, 4) is 17.2 Å². The maximum absolute atomic E-state index is 12.0. The lowest BCUT2D eigenvalue weighted by Gasteiger charge is -2.09. The minimum atomic E-state index is -0.213. The van der Waals surface area contributed by atoms with Gasteiger partial charge in [0.2, 0.25) is 0 Å². The number of carbonyl (C=O) groups is 1. The number of halogens is 1. The molecule has 1 N–H and O–H groups in total. The Bertz CT molecular complexity index is 818. The lowest BCUT2D eigenvalue weighted by atomic mass is 10.3. The number of carbonyl (C=O) groups excluding carboxylic acids is 1. The molecule has 126 valence electrons. The van der Waals surface area contributed by atoms with Crippen molar-refractivity contribution in [3.63, 3.8) is 0 Å². The zero-order chi connectivity index (χ0) is 17.5. The van der Waals surface area contributed by atoms with Gasteiger partial charge >= 0.3 is 0 Å². The standard InChI is InChI=1S/C20H16INO3/c21-15-6-10-17(11-7-15)24-14-20(23)22-16-8-12-19(13-9-16)25-18-4-2-1-3-5-18/h1-13H,14H2,(H,22,23). The molecule has 0 saturated heterocycles. The summed E-state index contributed by atoms with van der Waals surface area (Å²) in [5.41, 5.74) is 0.691. The number of para-hydroxylation sites is 1. The summed E-state index contributed by atoms with van der Waals surface area (Å²) in [6.07, 6.45) is 0. The molecule has 0 saturated carbocycles. The van der Waals surface area contributed by atoms with E-state index in [0.717, 1.165) is 9.32 Å². The first-order valence-electron chi connectivity index (χ1n) is 7.70. The molecule has 3 rings (SSSR count). The summed E-state index contributed by atoms with van der Waals surface area (Å²) in [5, 5.41) is 2.79. The molecule has 3 aromatic carbocycles. The van der Waals surface area contributed by atoms with Gasteiger partial charge in [-0.15, -0.1) is 0 Å². The fourth-order valence-electron chi connectivity index (χ4n) is 2.11. The van der Waals surface area contributed by atoms with Crippen molar-refractivity contribution >= 4 is 34.2 Å². The van der Waals surface area contributed by atoms with Gasteiger partial charge in [0, 0.05) is 9.26 Å². The van der Waals surface area contributed by atoms with Crippen LogP contribution in [0.2, 0.25) is 0 Å². The molecule has 0 aliphatic heterocycles. The highest BCUT2D eigenvalue weighted by Crippen LogP contribution is 2.22. The van der Waals surface area contributed by atoms with Crippen LogP contribution < -0.4 is 14.8 Å². The van der Waals surface area contributed by atoms with Gasteiger partial charge in [0.25, 0.3) is 5.91 Å². The highest BCUT2D eigenvalue weighted by molar-refractivity contribution is 14.1. The average molecular weight is 445 g/mol. The van der Waals surface area contributed by atoms with Crippen molar-refractivity contribution in [2.24, 2.45) is 0 Å². The number of nitrogens with one attached hydrogen (secondary N) is 1. The van der Waals surface area contributed by atoms with Gasteiger partial charge in [0.15, 0.2) is 6.61 Å². The normalized spacial score (nSPS) is 10.1. The van der Waals surface area contributed by atoms with Crippen LogP contribution in [0.4, 0.5) is 5.69 Å². The number of amides is 1. The van der Waals surface area contributed by atoms with E-state index in [9.17, 15) is 4.79 Å². The first-order valence-corrected chi connectivity index (χ1v) is 8.78. The topological polar surface area (TPSA) is 47.6 Å². The van der Waals surface area contributed by atoms with E-state index in [1.807, 2.05) is 66.7 Å². The second-order valence-electron chi connectivity index (χ2n) is 5.23. The van der Waals surface area contributed by atoms with Gasteiger partial charge in [-0.2, -0.15) is 0 Å². The van der Waals surface area contributed by atoms with E-state index in [2.05, 4.69) is 27.9 Å². The van der Waals surface area contributed by atoms with Crippen LogP contribution in [0.15, 0.2) is 78.9 Å². The first-order chi connectivity index (χ1) is 12.2. The van der Waals surface area contributed by atoms with E-state index in [-0.39, 0.29) is 12.5 Å². The number of hydrogen-bond donors (Lipinski definition) is 1. The number of rotatable bonds is 6. The molecule has 0 heterocycles. The monoisotopic (exact) mass is 445 g/mol. The molecule has 0 atom stereocenters. The second-order valence-corrected chi connectivity index (χ2v) is 6.48. The molecule has 0 bridgehead atoms. The van der Waals surface area contributed by atoms with Crippen LogP contribution in [-0.2, 0) is 4.79 Å². The third kappa shape index (κ3) is 5.49. The van der Waals surface area contributed by atoms with Crippen LogP contribution >= 0.6 is 22.6 Å². The van der Waals surface area contributed by atoms with Crippen molar-refractivity contribution in [1.29, 1.82) is 0 Å². The number of benzene rings is 3. The highest BCUT2D eigenvalue weighted by Gasteiger charge is 2.04. The average Bonchev–Trinajstić information content (AvgIpc) is 2.64. The number of anilines is 1. The summed E-state index contributed by atoms with van der Waals surface area (Å²) < 4.78 is 12.3. The smallest absolute Gasteiger partial charge is 0.262 e. The van der Waals surface area contributed by atoms with Crippen molar-refractivity contribution in [2.75, 3.05) is 11.9 Å². The maximum atomic E-state index is 12.0. The van der Waals surface area contributed by atoms with Crippen LogP contribution in [0, 0.1) is 3.57 Å². The fraction of sp³-hybridized carbons (Fsp3) is 0.0500. The van der Waals surface area contributed by atoms with Crippen molar-refractivity contribution in [3.05, 3.63) is 82.4 Å². The Hall–Kier alpha value is -2.54. The fourth-order valence-corrected chi connectivity index (χ4v) is 2.47.